The number of aromatic nitrogens is 3. The van der Waals surface area contributed by atoms with Crippen molar-refractivity contribution in [2.45, 2.75) is 30.7 Å². The van der Waals surface area contributed by atoms with Gasteiger partial charge < -0.3 is 4.42 Å². The van der Waals surface area contributed by atoms with Gasteiger partial charge in [0.15, 0.2) is 0 Å². The minimum Gasteiger partial charge on any atom is -0.411 e. The van der Waals surface area contributed by atoms with Crippen molar-refractivity contribution in [3.8, 4) is 22.0 Å². The largest absolute Gasteiger partial charge is 0.411 e. The van der Waals surface area contributed by atoms with E-state index in [9.17, 15) is 4.39 Å². The summed E-state index contributed by atoms with van der Waals surface area (Å²) in [6, 6.07) is 14.5. The highest BCUT2D eigenvalue weighted by atomic mass is 32.2. The Morgan fingerprint density at radius 3 is 2.43 bits per heavy atom. The van der Waals surface area contributed by atoms with Crippen LogP contribution in [0, 0.1) is 5.82 Å². The highest BCUT2D eigenvalue weighted by Gasteiger charge is 2.11. The van der Waals surface area contributed by atoms with Gasteiger partial charge in [-0.15, -0.1) is 21.5 Å². The highest BCUT2D eigenvalue weighted by Crippen LogP contribution is 2.29. The van der Waals surface area contributed by atoms with E-state index in [0.717, 1.165) is 16.3 Å². The molecule has 0 saturated heterocycles. The maximum absolute atomic E-state index is 13.0. The number of benzene rings is 2. The summed E-state index contributed by atoms with van der Waals surface area (Å²) in [5, 5.41) is 11.6. The smallest absolute Gasteiger partial charge is 0.277 e. The number of nitrogens with zero attached hydrogens (tertiary/aromatic N) is 3. The first-order valence-electron chi connectivity index (χ1n) is 8.85. The van der Waals surface area contributed by atoms with Gasteiger partial charge in [-0.25, -0.2) is 9.37 Å². The van der Waals surface area contributed by atoms with Crippen molar-refractivity contribution in [2.75, 3.05) is 0 Å². The molecule has 2 aromatic carbocycles. The summed E-state index contributed by atoms with van der Waals surface area (Å²) < 4.78 is 18.7. The monoisotopic (exact) mass is 411 g/mol. The molecular weight excluding hydrogens is 393 g/mol. The molecule has 4 nitrogen and oxygen atoms in total. The van der Waals surface area contributed by atoms with Crippen LogP contribution in [0.15, 0.2) is 63.6 Å². The maximum atomic E-state index is 13.0. The minimum atomic E-state index is -0.295. The molecule has 2 heterocycles. The van der Waals surface area contributed by atoms with Crippen molar-refractivity contribution in [1.82, 2.24) is 15.2 Å². The molecule has 0 aliphatic heterocycles. The molecule has 2 aromatic heterocycles. The van der Waals surface area contributed by atoms with E-state index in [4.69, 9.17) is 9.40 Å². The van der Waals surface area contributed by atoms with Gasteiger partial charge in [-0.1, -0.05) is 49.9 Å². The number of thioether (sulfide) groups is 1. The van der Waals surface area contributed by atoms with Crippen molar-refractivity contribution < 1.29 is 8.81 Å². The first-order valence-corrected chi connectivity index (χ1v) is 10.7. The molecule has 0 radical (unpaired) electrons. The lowest BCUT2D eigenvalue weighted by atomic mass is 10.0. The third-order valence-corrected chi connectivity index (χ3v) is 6.01. The Balaban J connectivity index is 1.40. The molecule has 0 N–H and O–H groups in total. The number of halogens is 1. The standard InChI is InChI=1S/C21H18FN3OS2/c1-13(2)14-3-5-16(6-4-14)20-23-18(11-27-20)12-28-21-25-24-19(26-21)15-7-9-17(22)10-8-15/h3-11,13H,12H2,1-2H3. The summed E-state index contributed by atoms with van der Waals surface area (Å²) in [6.45, 7) is 4.37. The maximum Gasteiger partial charge on any atom is 0.277 e. The lowest BCUT2D eigenvalue weighted by molar-refractivity contribution is 0.465. The normalized spacial score (nSPS) is 11.3. The Morgan fingerprint density at radius 2 is 1.71 bits per heavy atom. The minimum absolute atomic E-state index is 0.295. The molecule has 0 aliphatic rings. The first-order chi connectivity index (χ1) is 13.6. The molecule has 0 saturated carbocycles. The van der Waals surface area contributed by atoms with E-state index in [2.05, 4.69) is 53.7 Å². The van der Waals surface area contributed by atoms with Gasteiger partial charge in [-0.3, -0.25) is 0 Å². The lowest BCUT2D eigenvalue weighted by Gasteiger charge is -2.05. The van der Waals surface area contributed by atoms with Gasteiger partial charge in [0.25, 0.3) is 5.22 Å². The van der Waals surface area contributed by atoms with Gasteiger partial charge >= 0.3 is 0 Å². The molecule has 28 heavy (non-hydrogen) atoms. The van der Waals surface area contributed by atoms with E-state index in [1.54, 1.807) is 23.5 Å². The van der Waals surface area contributed by atoms with Gasteiger partial charge in [0.1, 0.15) is 10.8 Å². The molecule has 0 aliphatic carbocycles. The summed E-state index contributed by atoms with van der Waals surface area (Å²) in [7, 11) is 0. The number of hydrogen-bond donors (Lipinski definition) is 0. The Kier molecular flexibility index (Phi) is 5.54. The first kappa shape index (κ1) is 18.8. The number of rotatable bonds is 6. The van der Waals surface area contributed by atoms with Crippen molar-refractivity contribution in [1.29, 1.82) is 0 Å². The van der Waals surface area contributed by atoms with E-state index in [0.29, 0.717) is 28.3 Å². The molecule has 0 atom stereocenters. The van der Waals surface area contributed by atoms with Gasteiger partial charge in [0.05, 0.1) is 5.69 Å². The van der Waals surface area contributed by atoms with Crippen LogP contribution in [-0.2, 0) is 5.75 Å². The predicted octanol–water partition coefficient (Wildman–Crippen LogP) is 6.41. The fourth-order valence-corrected chi connectivity index (χ4v) is 4.22. The molecule has 0 spiro atoms. The molecular formula is C21H18FN3OS2. The third-order valence-electron chi connectivity index (χ3n) is 4.22. The van der Waals surface area contributed by atoms with Gasteiger partial charge in [0.2, 0.25) is 5.89 Å². The number of thiazole rings is 1. The Bertz CT molecular complexity index is 1060. The quantitative estimate of drug-likeness (QED) is 0.343. The Labute approximate surface area is 170 Å². The van der Waals surface area contributed by atoms with Crippen LogP contribution in [0.3, 0.4) is 0 Å². The summed E-state index contributed by atoms with van der Waals surface area (Å²) in [5.74, 6) is 1.25. The van der Waals surface area contributed by atoms with E-state index in [-0.39, 0.29) is 5.82 Å². The van der Waals surface area contributed by atoms with E-state index < -0.39 is 0 Å². The highest BCUT2D eigenvalue weighted by molar-refractivity contribution is 7.98. The van der Waals surface area contributed by atoms with Crippen LogP contribution in [0.1, 0.15) is 31.0 Å². The van der Waals surface area contributed by atoms with Crippen LogP contribution < -0.4 is 0 Å². The topological polar surface area (TPSA) is 51.8 Å². The number of hydrogen-bond acceptors (Lipinski definition) is 6. The van der Waals surface area contributed by atoms with Gasteiger partial charge in [-0.2, -0.15) is 0 Å². The second-order valence-electron chi connectivity index (χ2n) is 6.59. The molecule has 4 rings (SSSR count). The van der Waals surface area contributed by atoms with Crippen LogP contribution in [0.5, 0.6) is 0 Å². The SMILES string of the molecule is CC(C)c1ccc(-c2nc(CSc3nnc(-c4ccc(F)cc4)o3)cs2)cc1. The van der Waals surface area contributed by atoms with Crippen LogP contribution in [-0.4, -0.2) is 15.2 Å². The molecule has 4 aromatic rings. The van der Waals surface area contributed by atoms with E-state index >= 15 is 0 Å². The zero-order valence-electron chi connectivity index (χ0n) is 15.4. The van der Waals surface area contributed by atoms with Crippen molar-refractivity contribution in [3.63, 3.8) is 0 Å². The molecule has 142 valence electrons. The van der Waals surface area contributed by atoms with Crippen LogP contribution in [0.25, 0.3) is 22.0 Å². The Hall–Kier alpha value is -2.51. The lowest BCUT2D eigenvalue weighted by Crippen LogP contribution is -1.87. The zero-order chi connectivity index (χ0) is 19.5. The van der Waals surface area contributed by atoms with Gasteiger partial charge in [0, 0.05) is 22.3 Å². The predicted molar refractivity (Wildman–Crippen MR) is 111 cm³/mol. The fraction of sp³-hybridized carbons (Fsp3) is 0.190. The van der Waals surface area contributed by atoms with Crippen LogP contribution in [0.2, 0.25) is 0 Å². The van der Waals surface area contributed by atoms with E-state index in [1.807, 2.05) is 0 Å². The summed E-state index contributed by atoms with van der Waals surface area (Å²) in [4.78, 5) is 4.71. The second-order valence-corrected chi connectivity index (χ2v) is 8.37. The van der Waals surface area contributed by atoms with Gasteiger partial charge in [-0.05, 0) is 35.7 Å². The summed E-state index contributed by atoms with van der Waals surface area (Å²) in [5.41, 5.74) is 4.12. The van der Waals surface area contributed by atoms with Crippen LogP contribution >= 0.6 is 23.1 Å². The molecule has 0 amide bonds. The van der Waals surface area contributed by atoms with Crippen molar-refractivity contribution >= 4 is 23.1 Å². The summed E-state index contributed by atoms with van der Waals surface area (Å²) >= 11 is 3.07. The fourth-order valence-electron chi connectivity index (χ4n) is 2.63. The van der Waals surface area contributed by atoms with Crippen molar-refractivity contribution in [2.24, 2.45) is 0 Å². The average molecular weight is 412 g/mol. The third kappa shape index (κ3) is 4.31. The van der Waals surface area contributed by atoms with Crippen LogP contribution in [0.4, 0.5) is 4.39 Å². The molecule has 0 fully saturated rings. The second kappa shape index (κ2) is 8.24. The zero-order valence-corrected chi connectivity index (χ0v) is 17.1. The molecule has 0 unspecified atom stereocenters. The Morgan fingerprint density at radius 1 is 1.00 bits per heavy atom. The molecule has 0 bridgehead atoms. The average Bonchev–Trinajstić information content (AvgIpc) is 3.37. The van der Waals surface area contributed by atoms with Crippen molar-refractivity contribution in [3.05, 3.63) is 71.0 Å². The van der Waals surface area contributed by atoms with E-state index in [1.165, 1.54) is 29.5 Å². The summed E-state index contributed by atoms with van der Waals surface area (Å²) in [6.07, 6.45) is 0. The molecule has 7 heteroatoms.